The minimum Gasteiger partial charge on any atom is -0.491 e. The van der Waals surface area contributed by atoms with Crippen molar-refractivity contribution in [2.75, 3.05) is 11.9 Å². The Hall–Kier alpha value is -1.37. The highest BCUT2D eigenvalue weighted by molar-refractivity contribution is 7.15. The molecule has 3 rings (SSSR count). The first kappa shape index (κ1) is 15.5. The number of amides is 1. The Kier molecular flexibility index (Phi) is 4.81. The third-order valence-electron chi connectivity index (χ3n) is 3.09. The van der Waals surface area contributed by atoms with Crippen LogP contribution in [0.1, 0.15) is 30.2 Å². The van der Waals surface area contributed by atoms with Crippen LogP contribution >= 0.6 is 34.5 Å². The molecule has 1 aliphatic rings. The average molecular weight is 358 g/mol. The van der Waals surface area contributed by atoms with Crippen molar-refractivity contribution < 1.29 is 9.53 Å². The van der Waals surface area contributed by atoms with Gasteiger partial charge in [0.25, 0.3) is 0 Å². The number of carbonyl (C=O) groups excluding carboxylic acids is 1. The summed E-state index contributed by atoms with van der Waals surface area (Å²) in [6.07, 6.45) is 2.54. The number of nitrogens with one attached hydrogen (secondary N) is 1. The molecule has 2 aromatic rings. The molecular formula is C14H13Cl2N3O2S. The predicted octanol–water partition coefficient (Wildman–Crippen LogP) is 4.13. The molecule has 1 heterocycles. The molecule has 1 N–H and O–H groups in total. The van der Waals surface area contributed by atoms with E-state index in [0.717, 1.165) is 17.8 Å². The molecule has 0 atom stereocenters. The summed E-state index contributed by atoms with van der Waals surface area (Å²) in [7, 11) is 0. The zero-order chi connectivity index (χ0) is 15.5. The maximum atomic E-state index is 11.8. The van der Waals surface area contributed by atoms with Gasteiger partial charge < -0.3 is 10.1 Å². The van der Waals surface area contributed by atoms with Crippen molar-refractivity contribution in [1.29, 1.82) is 0 Å². The van der Waals surface area contributed by atoms with Gasteiger partial charge in [-0.05, 0) is 31.0 Å². The highest BCUT2D eigenvalue weighted by Crippen LogP contribution is 2.42. The Morgan fingerprint density at radius 2 is 2.18 bits per heavy atom. The molecule has 0 saturated heterocycles. The maximum absolute atomic E-state index is 11.8. The molecule has 1 saturated carbocycles. The second kappa shape index (κ2) is 6.81. The largest absolute Gasteiger partial charge is 0.491 e. The van der Waals surface area contributed by atoms with Gasteiger partial charge in [0.2, 0.25) is 11.0 Å². The number of rotatable bonds is 6. The molecule has 1 amide bonds. The fraction of sp³-hybridized carbons (Fsp3) is 0.357. The van der Waals surface area contributed by atoms with Crippen molar-refractivity contribution >= 4 is 45.6 Å². The van der Waals surface area contributed by atoms with E-state index in [0.29, 0.717) is 26.8 Å². The summed E-state index contributed by atoms with van der Waals surface area (Å²) in [5.74, 6) is 0.882. The summed E-state index contributed by atoms with van der Waals surface area (Å²) in [5, 5.41) is 13.3. The first-order chi connectivity index (χ1) is 10.6. The van der Waals surface area contributed by atoms with Gasteiger partial charge in [-0.3, -0.25) is 4.79 Å². The van der Waals surface area contributed by atoms with Crippen LogP contribution in [-0.4, -0.2) is 22.7 Å². The van der Waals surface area contributed by atoms with Crippen molar-refractivity contribution in [3.63, 3.8) is 0 Å². The number of aromatic nitrogens is 2. The smallest absolute Gasteiger partial charge is 0.229 e. The number of nitrogens with zero attached hydrogens (tertiary/aromatic N) is 2. The monoisotopic (exact) mass is 357 g/mol. The third kappa shape index (κ3) is 4.09. The van der Waals surface area contributed by atoms with Crippen molar-refractivity contribution in [2.24, 2.45) is 0 Å². The van der Waals surface area contributed by atoms with Gasteiger partial charge >= 0.3 is 0 Å². The van der Waals surface area contributed by atoms with E-state index in [1.165, 1.54) is 11.3 Å². The van der Waals surface area contributed by atoms with Gasteiger partial charge in [0, 0.05) is 10.9 Å². The zero-order valence-corrected chi connectivity index (χ0v) is 13.8. The molecule has 8 heteroatoms. The number of hydrogen-bond acceptors (Lipinski definition) is 5. The summed E-state index contributed by atoms with van der Waals surface area (Å²) in [4.78, 5) is 11.8. The van der Waals surface area contributed by atoms with E-state index in [1.807, 2.05) is 0 Å². The highest BCUT2D eigenvalue weighted by atomic mass is 35.5. The van der Waals surface area contributed by atoms with E-state index < -0.39 is 0 Å². The molecule has 0 unspecified atom stereocenters. The van der Waals surface area contributed by atoms with E-state index in [1.54, 1.807) is 18.2 Å². The highest BCUT2D eigenvalue weighted by Gasteiger charge is 2.27. The standard InChI is InChI=1S/C14H13Cl2N3O2S/c15-9-3-4-11(10(16)7-9)21-6-5-12(20)17-14-19-18-13(22-14)8-1-2-8/h3-4,7-8H,1-2,5-6H2,(H,17,19,20). The first-order valence-electron chi connectivity index (χ1n) is 6.83. The van der Waals surface area contributed by atoms with Crippen LogP contribution in [0.4, 0.5) is 5.13 Å². The minimum atomic E-state index is -0.163. The second-order valence-corrected chi connectivity index (χ2v) is 6.79. The lowest BCUT2D eigenvalue weighted by Crippen LogP contribution is -2.15. The first-order valence-corrected chi connectivity index (χ1v) is 8.40. The van der Waals surface area contributed by atoms with Crippen LogP contribution in [0.3, 0.4) is 0 Å². The van der Waals surface area contributed by atoms with Gasteiger partial charge in [0.15, 0.2) is 0 Å². The molecule has 22 heavy (non-hydrogen) atoms. The molecule has 1 aliphatic carbocycles. The molecule has 0 spiro atoms. The normalized spacial score (nSPS) is 13.9. The van der Waals surface area contributed by atoms with Crippen LogP contribution < -0.4 is 10.1 Å². The van der Waals surface area contributed by atoms with Gasteiger partial charge in [0.05, 0.1) is 18.1 Å². The van der Waals surface area contributed by atoms with Gasteiger partial charge in [0.1, 0.15) is 10.8 Å². The van der Waals surface area contributed by atoms with Gasteiger partial charge in [-0.25, -0.2) is 0 Å². The van der Waals surface area contributed by atoms with Crippen LogP contribution in [0.25, 0.3) is 0 Å². The lowest BCUT2D eigenvalue weighted by molar-refractivity contribution is -0.116. The second-order valence-electron chi connectivity index (χ2n) is 4.94. The summed E-state index contributed by atoms with van der Waals surface area (Å²) < 4.78 is 5.47. The molecule has 1 fully saturated rings. The van der Waals surface area contributed by atoms with E-state index in [9.17, 15) is 4.79 Å². The summed E-state index contributed by atoms with van der Waals surface area (Å²) in [6.45, 7) is 0.224. The number of benzene rings is 1. The Balaban J connectivity index is 1.45. The molecule has 116 valence electrons. The van der Waals surface area contributed by atoms with Gasteiger partial charge in [-0.2, -0.15) is 0 Å². The van der Waals surface area contributed by atoms with Crippen molar-refractivity contribution in [3.05, 3.63) is 33.3 Å². The maximum Gasteiger partial charge on any atom is 0.229 e. The van der Waals surface area contributed by atoms with Crippen LogP contribution in [0.2, 0.25) is 10.0 Å². The number of halogens is 2. The van der Waals surface area contributed by atoms with E-state index in [-0.39, 0.29) is 18.9 Å². The quantitative estimate of drug-likeness (QED) is 0.843. The van der Waals surface area contributed by atoms with Crippen LogP contribution in [0, 0.1) is 0 Å². The third-order valence-corrected chi connectivity index (χ3v) is 4.63. The predicted molar refractivity (Wildman–Crippen MR) is 87.1 cm³/mol. The Bertz CT molecular complexity index is 688. The minimum absolute atomic E-state index is 0.163. The van der Waals surface area contributed by atoms with Gasteiger partial charge in [-0.15, -0.1) is 10.2 Å². The van der Waals surface area contributed by atoms with Crippen molar-refractivity contribution in [2.45, 2.75) is 25.2 Å². The number of anilines is 1. The van der Waals surface area contributed by atoms with E-state index in [2.05, 4.69) is 15.5 Å². The molecule has 1 aromatic carbocycles. The van der Waals surface area contributed by atoms with E-state index >= 15 is 0 Å². The van der Waals surface area contributed by atoms with Gasteiger partial charge in [-0.1, -0.05) is 34.5 Å². The Morgan fingerprint density at radius 1 is 1.36 bits per heavy atom. The number of hydrogen-bond donors (Lipinski definition) is 1. The fourth-order valence-electron chi connectivity index (χ4n) is 1.81. The van der Waals surface area contributed by atoms with E-state index in [4.69, 9.17) is 27.9 Å². The molecule has 1 aromatic heterocycles. The SMILES string of the molecule is O=C(CCOc1ccc(Cl)cc1Cl)Nc1nnc(C2CC2)s1. The van der Waals surface area contributed by atoms with Crippen LogP contribution in [0.5, 0.6) is 5.75 Å². The number of ether oxygens (including phenoxy) is 1. The molecule has 0 aliphatic heterocycles. The van der Waals surface area contributed by atoms with Crippen LogP contribution in [-0.2, 0) is 4.79 Å². The molecular weight excluding hydrogens is 345 g/mol. The number of carbonyl (C=O) groups is 1. The van der Waals surface area contributed by atoms with Crippen molar-refractivity contribution in [3.8, 4) is 5.75 Å². The topological polar surface area (TPSA) is 64.1 Å². The lowest BCUT2D eigenvalue weighted by atomic mass is 10.3. The Morgan fingerprint density at radius 3 is 2.91 bits per heavy atom. The molecule has 0 bridgehead atoms. The average Bonchev–Trinajstić information content (AvgIpc) is 3.22. The summed E-state index contributed by atoms with van der Waals surface area (Å²) >= 11 is 13.2. The molecule has 5 nitrogen and oxygen atoms in total. The zero-order valence-electron chi connectivity index (χ0n) is 11.5. The lowest BCUT2D eigenvalue weighted by Gasteiger charge is -2.07. The van der Waals surface area contributed by atoms with Crippen molar-refractivity contribution in [1.82, 2.24) is 10.2 Å². The summed E-state index contributed by atoms with van der Waals surface area (Å²) in [6, 6.07) is 4.96. The summed E-state index contributed by atoms with van der Waals surface area (Å²) in [5.41, 5.74) is 0. The molecule has 0 radical (unpaired) electrons. The Labute approximate surface area is 141 Å². The fourth-order valence-corrected chi connectivity index (χ4v) is 3.20. The van der Waals surface area contributed by atoms with Crippen LogP contribution in [0.15, 0.2) is 18.2 Å².